The molecule has 0 aromatic rings. The van der Waals surface area contributed by atoms with Gasteiger partial charge in [0, 0.05) is 0 Å². The van der Waals surface area contributed by atoms with E-state index in [-0.39, 0.29) is 29.0 Å². The van der Waals surface area contributed by atoms with Crippen LogP contribution in [0.1, 0.15) is 34.6 Å². The molecule has 20 heavy (non-hydrogen) atoms. The molecule has 1 heterocycles. The van der Waals surface area contributed by atoms with Crippen molar-refractivity contribution in [3.05, 3.63) is 0 Å². The number of carboxylic acid groups (broad SMARTS) is 1. The Kier molecular flexibility index (Phi) is 4.71. The van der Waals surface area contributed by atoms with Gasteiger partial charge in [0.15, 0.2) is 8.32 Å². The standard InChI is InChI=1S/C14H27NO4Si/c1-8(13(17)18)11-10(12(16)15-11)9(2)19-20(6,7)14(3,4)5/h8-11H,1-7H3,(H,15,16)(H,17,18)/t8-,9-,10?,11?/m1/s1. The van der Waals surface area contributed by atoms with Gasteiger partial charge in [-0.25, -0.2) is 0 Å². The average Bonchev–Trinajstić information content (AvgIpc) is 2.21. The highest BCUT2D eigenvalue weighted by molar-refractivity contribution is 6.74. The second-order valence-corrected chi connectivity index (χ2v) is 12.0. The zero-order chi connectivity index (χ0) is 15.9. The van der Waals surface area contributed by atoms with Gasteiger partial charge >= 0.3 is 5.97 Å². The highest BCUT2D eigenvalue weighted by Gasteiger charge is 2.50. The first-order chi connectivity index (χ1) is 8.88. The third-order valence-electron chi connectivity index (χ3n) is 4.72. The van der Waals surface area contributed by atoms with Gasteiger partial charge in [0.2, 0.25) is 5.91 Å². The van der Waals surface area contributed by atoms with Gasteiger partial charge in [-0.3, -0.25) is 9.59 Å². The minimum atomic E-state index is -1.96. The number of rotatable bonds is 5. The Morgan fingerprint density at radius 3 is 2.20 bits per heavy atom. The van der Waals surface area contributed by atoms with Gasteiger partial charge in [0.25, 0.3) is 0 Å². The van der Waals surface area contributed by atoms with Crippen molar-refractivity contribution in [3.8, 4) is 0 Å². The van der Waals surface area contributed by atoms with Crippen molar-refractivity contribution in [2.24, 2.45) is 11.8 Å². The minimum Gasteiger partial charge on any atom is -0.481 e. The Labute approximate surface area is 122 Å². The zero-order valence-corrected chi connectivity index (χ0v) is 14.5. The van der Waals surface area contributed by atoms with Gasteiger partial charge < -0.3 is 14.8 Å². The molecule has 0 aliphatic carbocycles. The molecule has 1 fully saturated rings. The van der Waals surface area contributed by atoms with Gasteiger partial charge in [-0.05, 0) is 32.0 Å². The molecule has 0 saturated carbocycles. The molecule has 0 radical (unpaired) electrons. The van der Waals surface area contributed by atoms with E-state index in [9.17, 15) is 9.59 Å². The maximum Gasteiger partial charge on any atom is 0.308 e. The lowest BCUT2D eigenvalue weighted by atomic mass is 9.79. The summed E-state index contributed by atoms with van der Waals surface area (Å²) in [5, 5.41) is 11.8. The average molecular weight is 301 g/mol. The van der Waals surface area contributed by atoms with Gasteiger partial charge in [-0.1, -0.05) is 20.8 Å². The van der Waals surface area contributed by atoms with Crippen LogP contribution < -0.4 is 5.32 Å². The van der Waals surface area contributed by atoms with Crippen LogP contribution in [0.3, 0.4) is 0 Å². The first-order valence-corrected chi connectivity index (χ1v) is 10.0. The maximum atomic E-state index is 11.8. The molecule has 1 saturated heterocycles. The lowest BCUT2D eigenvalue weighted by Gasteiger charge is -2.46. The van der Waals surface area contributed by atoms with Crippen molar-refractivity contribution in [2.75, 3.05) is 0 Å². The lowest BCUT2D eigenvalue weighted by Crippen LogP contribution is -2.66. The quantitative estimate of drug-likeness (QED) is 0.603. The molecule has 2 N–H and O–H groups in total. The number of hydrogen-bond acceptors (Lipinski definition) is 3. The van der Waals surface area contributed by atoms with Crippen molar-refractivity contribution >= 4 is 20.2 Å². The third kappa shape index (κ3) is 3.23. The number of β-lactam (4-membered cyclic amide) rings is 1. The highest BCUT2D eigenvalue weighted by atomic mass is 28.4. The van der Waals surface area contributed by atoms with E-state index in [0.29, 0.717) is 0 Å². The molecule has 1 rings (SSSR count). The molecular weight excluding hydrogens is 274 g/mol. The largest absolute Gasteiger partial charge is 0.481 e. The van der Waals surface area contributed by atoms with Crippen molar-refractivity contribution in [1.29, 1.82) is 0 Å². The van der Waals surface area contributed by atoms with E-state index in [0.717, 1.165) is 0 Å². The topological polar surface area (TPSA) is 75.6 Å². The number of carboxylic acids is 1. The monoisotopic (exact) mass is 301 g/mol. The van der Waals surface area contributed by atoms with Gasteiger partial charge in [-0.15, -0.1) is 0 Å². The summed E-state index contributed by atoms with van der Waals surface area (Å²) in [7, 11) is -1.96. The first kappa shape index (κ1) is 17.2. The summed E-state index contributed by atoms with van der Waals surface area (Å²) in [6.45, 7) is 14.2. The van der Waals surface area contributed by atoms with E-state index in [1.165, 1.54) is 0 Å². The van der Waals surface area contributed by atoms with E-state index >= 15 is 0 Å². The van der Waals surface area contributed by atoms with Crippen molar-refractivity contribution in [1.82, 2.24) is 5.32 Å². The van der Waals surface area contributed by atoms with Crippen molar-refractivity contribution < 1.29 is 19.1 Å². The van der Waals surface area contributed by atoms with Crippen molar-refractivity contribution in [2.45, 2.75) is 64.9 Å². The number of nitrogens with one attached hydrogen (secondary N) is 1. The maximum absolute atomic E-state index is 11.8. The van der Waals surface area contributed by atoms with Gasteiger partial charge in [0.1, 0.15) is 0 Å². The van der Waals surface area contributed by atoms with E-state index in [4.69, 9.17) is 9.53 Å². The Morgan fingerprint density at radius 1 is 1.35 bits per heavy atom. The SMILES string of the molecule is C[C@@H](O[Si](C)(C)C(C)(C)C)C1C(=O)NC1[C@@H](C)C(=O)O. The highest BCUT2D eigenvalue weighted by Crippen LogP contribution is 2.39. The predicted octanol–water partition coefficient (Wildman–Crippen LogP) is 2.23. The zero-order valence-electron chi connectivity index (χ0n) is 13.5. The van der Waals surface area contributed by atoms with E-state index in [1.54, 1.807) is 6.92 Å². The van der Waals surface area contributed by atoms with Crippen LogP contribution in [-0.2, 0) is 14.0 Å². The van der Waals surface area contributed by atoms with Crippen LogP contribution in [0.4, 0.5) is 0 Å². The normalized spacial score (nSPS) is 26.4. The fraction of sp³-hybridized carbons (Fsp3) is 0.857. The Balaban J connectivity index is 2.78. The molecule has 4 atom stereocenters. The number of carbonyl (C=O) groups is 2. The fourth-order valence-electron chi connectivity index (χ4n) is 2.23. The molecule has 0 bridgehead atoms. The molecular formula is C14H27NO4Si. The molecule has 1 aliphatic rings. The smallest absolute Gasteiger partial charge is 0.308 e. The van der Waals surface area contributed by atoms with Crippen LogP contribution >= 0.6 is 0 Å². The van der Waals surface area contributed by atoms with Crippen LogP contribution in [-0.4, -0.2) is 37.4 Å². The molecule has 1 aliphatic heterocycles. The number of amides is 1. The van der Waals surface area contributed by atoms with Gasteiger partial charge in [0.05, 0.1) is 24.0 Å². The van der Waals surface area contributed by atoms with Crippen LogP contribution in [0.2, 0.25) is 18.1 Å². The third-order valence-corrected chi connectivity index (χ3v) is 9.29. The second-order valence-electron chi connectivity index (χ2n) is 7.27. The van der Waals surface area contributed by atoms with Crippen molar-refractivity contribution in [3.63, 3.8) is 0 Å². The summed E-state index contributed by atoms with van der Waals surface area (Å²) in [5.41, 5.74) is 0. The summed E-state index contributed by atoms with van der Waals surface area (Å²) in [4.78, 5) is 22.8. The molecule has 2 unspecified atom stereocenters. The summed E-state index contributed by atoms with van der Waals surface area (Å²) in [6, 6.07) is -0.334. The molecule has 116 valence electrons. The summed E-state index contributed by atoms with van der Waals surface area (Å²) in [5.74, 6) is -1.95. The number of aliphatic carboxylic acids is 1. The summed E-state index contributed by atoms with van der Waals surface area (Å²) in [6.07, 6.45) is -0.253. The fourth-order valence-corrected chi connectivity index (χ4v) is 3.66. The van der Waals surface area contributed by atoms with E-state index in [2.05, 4.69) is 39.2 Å². The van der Waals surface area contributed by atoms with Gasteiger partial charge in [-0.2, -0.15) is 0 Å². The Morgan fingerprint density at radius 2 is 1.85 bits per heavy atom. The molecule has 5 nitrogen and oxygen atoms in total. The van der Waals surface area contributed by atoms with Crippen LogP contribution in [0.25, 0.3) is 0 Å². The summed E-state index contributed by atoms with van der Waals surface area (Å²) >= 11 is 0. The Bertz CT molecular complexity index is 402. The van der Waals surface area contributed by atoms with Crippen LogP contribution in [0.15, 0.2) is 0 Å². The summed E-state index contributed by atoms with van der Waals surface area (Å²) < 4.78 is 6.22. The molecule has 6 heteroatoms. The minimum absolute atomic E-state index is 0.0649. The number of hydrogen-bond donors (Lipinski definition) is 2. The second kappa shape index (κ2) is 5.48. The van der Waals surface area contributed by atoms with E-state index in [1.807, 2.05) is 6.92 Å². The predicted molar refractivity (Wildman–Crippen MR) is 80.0 cm³/mol. The molecule has 0 aromatic heterocycles. The van der Waals surface area contributed by atoms with Crippen LogP contribution in [0.5, 0.6) is 0 Å². The number of carbonyl (C=O) groups excluding carboxylic acids is 1. The molecule has 0 spiro atoms. The lowest BCUT2D eigenvalue weighted by molar-refractivity contribution is -0.151. The van der Waals surface area contributed by atoms with Crippen LogP contribution in [0, 0.1) is 11.8 Å². The Hall–Kier alpha value is -0.883. The van der Waals surface area contributed by atoms with E-state index < -0.39 is 20.2 Å². The first-order valence-electron chi connectivity index (χ1n) is 7.09. The molecule has 1 amide bonds. The molecule has 0 aromatic carbocycles.